The SMILES string of the molecule is O=C(NCC1CC1)c1ccc2c(n1)N[C@H]1CCN2C1. The van der Waals surface area contributed by atoms with Gasteiger partial charge in [0.2, 0.25) is 0 Å². The highest BCUT2D eigenvalue weighted by atomic mass is 16.1. The third-order valence-electron chi connectivity index (χ3n) is 4.22. The molecule has 1 aromatic rings. The largest absolute Gasteiger partial charge is 0.366 e. The number of anilines is 2. The van der Waals surface area contributed by atoms with E-state index in [9.17, 15) is 4.79 Å². The number of aromatic nitrogens is 1. The van der Waals surface area contributed by atoms with E-state index in [0.29, 0.717) is 17.7 Å². The molecule has 2 aliphatic heterocycles. The number of pyridine rings is 1. The fourth-order valence-electron chi connectivity index (χ4n) is 2.88. The molecule has 0 unspecified atom stereocenters. The van der Waals surface area contributed by atoms with Crippen LogP contribution in [-0.2, 0) is 0 Å². The molecule has 5 heteroatoms. The summed E-state index contributed by atoms with van der Waals surface area (Å²) in [5, 5.41) is 6.39. The van der Waals surface area contributed by atoms with Gasteiger partial charge in [0.1, 0.15) is 5.69 Å². The Balaban J connectivity index is 1.54. The Bertz CT molecular complexity index is 526. The average molecular weight is 258 g/mol. The minimum atomic E-state index is -0.0515. The van der Waals surface area contributed by atoms with E-state index < -0.39 is 0 Å². The highest BCUT2D eigenvalue weighted by Crippen LogP contribution is 2.34. The van der Waals surface area contributed by atoms with E-state index in [0.717, 1.165) is 37.6 Å². The number of amides is 1. The quantitative estimate of drug-likeness (QED) is 0.856. The Kier molecular flexibility index (Phi) is 2.40. The van der Waals surface area contributed by atoms with Crippen molar-refractivity contribution in [2.75, 3.05) is 29.9 Å². The molecule has 4 rings (SSSR count). The molecule has 0 spiro atoms. The van der Waals surface area contributed by atoms with Crippen molar-refractivity contribution in [2.45, 2.75) is 25.3 Å². The zero-order valence-electron chi connectivity index (χ0n) is 10.9. The van der Waals surface area contributed by atoms with E-state index in [2.05, 4.69) is 20.5 Å². The number of hydrogen-bond donors (Lipinski definition) is 2. The summed E-state index contributed by atoms with van der Waals surface area (Å²) in [5.74, 6) is 1.51. The first-order valence-corrected chi connectivity index (χ1v) is 7.10. The molecule has 2 bridgehead atoms. The first-order chi connectivity index (χ1) is 9.29. The van der Waals surface area contributed by atoms with E-state index in [4.69, 9.17) is 0 Å². The summed E-state index contributed by atoms with van der Waals surface area (Å²) in [6.45, 7) is 2.93. The predicted molar refractivity (Wildman–Crippen MR) is 73.5 cm³/mol. The second kappa shape index (κ2) is 4.11. The first-order valence-electron chi connectivity index (χ1n) is 7.10. The Labute approximate surface area is 112 Å². The Hall–Kier alpha value is -1.78. The minimum absolute atomic E-state index is 0.0515. The van der Waals surface area contributed by atoms with Crippen LogP contribution in [0.15, 0.2) is 12.1 Å². The number of hydrogen-bond acceptors (Lipinski definition) is 4. The van der Waals surface area contributed by atoms with Gasteiger partial charge in [0.15, 0.2) is 5.82 Å². The van der Waals surface area contributed by atoms with Crippen LogP contribution in [0.2, 0.25) is 0 Å². The molecule has 1 saturated heterocycles. The summed E-state index contributed by atoms with van der Waals surface area (Å²) in [7, 11) is 0. The molecular formula is C14H18N4O. The topological polar surface area (TPSA) is 57.3 Å². The molecule has 0 aromatic carbocycles. The van der Waals surface area contributed by atoms with Gasteiger partial charge in [-0.1, -0.05) is 0 Å². The van der Waals surface area contributed by atoms with Gasteiger partial charge >= 0.3 is 0 Å². The lowest BCUT2D eigenvalue weighted by Gasteiger charge is -2.27. The number of rotatable bonds is 3. The number of nitrogens with zero attached hydrogens (tertiary/aromatic N) is 2. The number of carbonyl (C=O) groups is 1. The maximum absolute atomic E-state index is 12.0. The smallest absolute Gasteiger partial charge is 0.269 e. The van der Waals surface area contributed by atoms with Gasteiger partial charge < -0.3 is 15.5 Å². The summed E-state index contributed by atoms with van der Waals surface area (Å²) in [5.41, 5.74) is 1.65. The van der Waals surface area contributed by atoms with Crippen LogP contribution >= 0.6 is 0 Å². The summed E-state index contributed by atoms with van der Waals surface area (Å²) in [4.78, 5) is 18.9. The number of carbonyl (C=O) groups excluding carboxylic acids is 1. The van der Waals surface area contributed by atoms with Gasteiger partial charge in [-0.3, -0.25) is 4.79 Å². The van der Waals surface area contributed by atoms with E-state index in [1.54, 1.807) is 0 Å². The van der Waals surface area contributed by atoms with Crippen molar-refractivity contribution in [3.63, 3.8) is 0 Å². The maximum Gasteiger partial charge on any atom is 0.269 e. The normalized spacial score (nSPS) is 23.8. The summed E-state index contributed by atoms with van der Waals surface area (Å²) >= 11 is 0. The summed E-state index contributed by atoms with van der Waals surface area (Å²) in [6.07, 6.45) is 3.64. The Morgan fingerprint density at radius 1 is 1.42 bits per heavy atom. The van der Waals surface area contributed by atoms with Gasteiger partial charge in [0.05, 0.1) is 5.69 Å². The number of nitrogens with one attached hydrogen (secondary N) is 2. The lowest BCUT2D eigenvalue weighted by Crippen LogP contribution is -2.33. The molecular weight excluding hydrogens is 240 g/mol. The van der Waals surface area contributed by atoms with Gasteiger partial charge in [0.25, 0.3) is 5.91 Å². The van der Waals surface area contributed by atoms with E-state index in [1.807, 2.05) is 12.1 Å². The monoisotopic (exact) mass is 258 g/mol. The molecule has 3 heterocycles. The van der Waals surface area contributed by atoms with Crippen LogP contribution in [0.25, 0.3) is 0 Å². The van der Waals surface area contributed by atoms with Gasteiger partial charge in [-0.15, -0.1) is 0 Å². The van der Waals surface area contributed by atoms with Crippen molar-refractivity contribution < 1.29 is 4.79 Å². The van der Waals surface area contributed by atoms with Crippen LogP contribution in [0.3, 0.4) is 0 Å². The predicted octanol–water partition coefficient (Wildman–Crippen LogP) is 1.23. The molecule has 3 aliphatic rings. The van der Waals surface area contributed by atoms with Crippen LogP contribution < -0.4 is 15.5 Å². The van der Waals surface area contributed by atoms with E-state index in [-0.39, 0.29) is 5.91 Å². The first kappa shape index (κ1) is 11.1. The highest BCUT2D eigenvalue weighted by Gasteiger charge is 2.31. The minimum Gasteiger partial charge on any atom is -0.366 e. The van der Waals surface area contributed by atoms with Crippen LogP contribution in [0.4, 0.5) is 11.5 Å². The third kappa shape index (κ3) is 2.03. The lowest BCUT2D eigenvalue weighted by atomic mass is 10.2. The van der Waals surface area contributed by atoms with E-state index in [1.165, 1.54) is 12.8 Å². The van der Waals surface area contributed by atoms with Crippen LogP contribution in [0.5, 0.6) is 0 Å². The lowest BCUT2D eigenvalue weighted by molar-refractivity contribution is 0.0947. The molecule has 2 fully saturated rings. The molecule has 1 amide bonds. The van der Waals surface area contributed by atoms with Crippen molar-refractivity contribution in [1.82, 2.24) is 10.3 Å². The van der Waals surface area contributed by atoms with Crippen LogP contribution in [0, 0.1) is 5.92 Å². The maximum atomic E-state index is 12.0. The Morgan fingerprint density at radius 3 is 3.16 bits per heavy atom. The van der Waals surface area contributed by atoms with Crippen LogP contribution in [0.1, 0.15) is 29.8 Å². The second-order valence-corrected chi connectivity index (χ2v) is 5.79. The fourth-order valence-corrected chi connectivity index (χ4v) is 2.88. The molecule has 1 saturated carbocycles. The molecule has 0 radical (unpaired) electrons. The second-order valence-electron chi connectivity index (χ2n) is 5.79. The number of fused-ring (bicyclic) bond motifs is 4. The van der Waals surface area contributed by atoms with Gasteiger partial charge in [0, 0.05) is 25.7 Å². The van der Waals surface area contributed by atoms with Gasteiger partial charge in [-0.05, 0) is 37.3 Å². The third-order valence-corrected chi connectivity index (χ3v) is 4.22. The highest BCUT2D eigenvalue weighted by molar-refractivity contribution is 5.93. The Morgan fingerprint density at radius 2 is 2.32 bits per heavy atom. The van der Waals surface area contributed by atoms with Crippen molar-refractivity contribution in [3.8, 4) is 0 Å². The molecule has 2 N–H and O–H groups in total. The summed E-state index contributed by atoms with van der Waals surface area (Å²) < 4.78 is 0. The van der Waals surface area contributed by atoms with Gasteiger partial charge in [-0.2, -0.15) is 0 Å². The average Bonchev–Trinajstić information content (AvgIpc) is 3.19. The van der Waals surface area contributed by atoms with Gasteiger partial charge in [-0.25, -0.2) is 4.98 Å². The molecule has 5 nitrogen and oxygen atoms in total. The molecule has 1 aromatic heterocycles. The van der Waals surface area contributed by atoms with Crippen molar-refractivity contribution in [1.29, 1.82) is 0 Å². The zero-order chi connectivity index (χ0) is 12.8. The van der Waals surface area contributed by atoms with Crippen molar-refractivity contribution in [2.24, 2.45) is 5.92 Å². The standard InChI is InChI=1S/C14H18N4O/c19-14(15-7-9-1-2-9)11-3-4-12-13(17-11)16-10-5-6-18(12)8-10/h3-4,9-10H,1-2,5-8H2,(H,15,19)(H,16,17)/t10-/m0/s1. The molecule has 1 atom stereocenters. The fraction of sp³-hybridized carbons (Fsp3) is 0.571. The van der Waals surface area contributed by atoms with Crippen LogP contribution in [-0.4, -0.2) is 36.6 Å². The molecule has 100 valence electrons. The van der Waals surface area contributed by atoms with E-state index >= 15 is 0 Å². The van der Waals surface area contributed by atoms with Crippen molar-refractivity contribution >= 4 is 17.4 Å². The summed E-state index contributed by atoms with van der Waals surface area (Å²) in [6, 6.07) is 4.34. The zero-order valence-corrected chi connectivity index (χ0v) is 10.9. The molecule has 19 heavy (non-hydrogen) atoms. The molecule has 1 aliphatic carbocycles. The van der Waals surface area contributed by atoms with Crippen molar-refractivity contribution in [3.05, 3.63) is 17.8 Å².